The fraction of sp³-hybridized carbons (Fsp3) is 0.459. The van der Waals surface area contributed by atoms with E-state index in [0.29, 0.717) is 0 Å². The van der Waals surface area contributed by atoms with E-state index in [-0.39, 0.29) is 22.5 Å². The van der Waals surface area contributed by atoms with Gasteiger partial charge in [-0.1, -0.05) is 74.5 Å². The predicted molar refractivity (Wildman–Crippen MR) is 175 cm³/mol. The van der Waals surface area contributed by atoms with Crippen molar-refractivity contribution in [2.75, 3.05) is 5.75 Å². The maximum Gasteiger partial charge on any atom is 0.303 e. The normalized spacial score (nSPS) is 18.0. The lowest BCUT2D eigenvalue weighted by atomic mass is 9.76. The van der Waals surface area contributed by atoms with Crippen molar-refractivity contribution >= 4 is 29.9 Å². The van der Waals surface area contributed by atoms with Gasteiger partial charge in [-0.05, 0) is 104 Å². The highest BCUT2D eigenvalue weighted by atomic mass is 32.2. The standard InChI is InChI=1S/C37H45NO3S/c1-35(2)20-8-12-28-15-18-30(38-34(28)35)17-14-26-9-7-11-29(23-26)32(42-25-37(21-22-37)24-33(39)40)19-16-27-10-5-6-13-31(27)36(3,4)41/h5-7,9-11,13-15,17-18,23,32,41H,8,12,16,19-22,24-25H2,1-4H3,(H,39,40)/b17-14+/t32-/m1/s1. The highest BCUT2D eigenvalue weighted by Crippen LogP contribution is 2.53. The molecular weight excluding hydrogens is 538 g/mol. The first-order chi connectivity index (χ1) is 19.9. The second-order valence-electron chi connectivity index (χ2n) is 13.6. The molecule has 222 valence electrons. The van der Waals surface area contributed by atoms with Gasteiger partial charge in [0.1, 0.15) is 0 Å². The van der Waals surface area contributed by atoms with Gasteiger partial charge in [-0.15, -0.1) is 0 Å². The molecule has 2 aromatic carbocycles. The van der Waals surface area contributed by atoms with Gasteiger partial charge in [-0.3, -0.25) is 9.78 Å². The Bertz CT molecular complexity index is 1450. The van der Waals surface area contributed by atoms with E-state index in [4.69, 9.17) is 4.98 Å². The van der Waals surface area contributed by atoms with Gasteiger partial charge in [-0.2, -0.15) is 11.8 Å². The van der Waals surface area contributed by atoms with Crippen molar-refractivity contribution in [1.82, 2.24) is 4.98 Å². The zero-order valence-electron chi connectivity index (χ0n) is 25.5. The quantitative estimate of drug-likeness (QED) is 0.223. The van der Waals surface area contributed by atoms with E-state index in [9.17, 15) is 15.0 Å². The van der Waals surface area contributed by atoms with Crippen molar-refractivity contribution in [3.63, 3.8) is 0 Å². The maximum absolute atomic E-state index is 11.5. The van der Waals surface area contributed by atoms with E-state index >= 15 is 0 Å². The summed E-state index contributed by atoms with van der Waals surface area (Å²) in [4.78, 5) is 16.6. The summed E-state index contributed by atoms with van der Waals surface area (Å²) >= 11 is 1.89. The number of carbonyl (C=O) groups is 1. The Morgan fingerprint density at radius 3 is 2.57 bits per heavy atom. The fourth-order valence-corrected chi connectivity index (χ4v) is 7.95. The number of aliphatic carboxylic acids is 1. The molecule has 42 heavy (non-hydrogen) atoms. The van der Waals surface area contributed by atoms with Gasteiger partial charge in [-0.25, -0.2) is 0 Å². The van der Waals surface area contributed by atoms with Gasteiger partial charge in [0.25, 0.3) is 0 Å². The first-order valence-electron chi connectivity index (χ1n) is 15.4. The number of hydrogen-bond acceptors (Lipinski definition) is 4. The van der Waals surface area contributed by atoms with Crippen LogP contribution in [0.15, 0.2) is 60.7 Å². The van der Waals surface area contributed by atoms with E-state index < -0.39 is 11.6 Å². The summed E-state index contributed by atoms with van der Waals surface area (Å²) in [5.74, 6) is 0.154. The topological polar surface area (TPSA) is 70.4 Å². The minimum Gasteiger partial charge on any atom is -0.481 e. The Labute approximate surface area is 255 Å². The molecule has 0 spiro atoms. The monoisotopic (exact) mass is 583 g/mol. The summed E-state index contributed by atoms with van der Waals surface area (Å²) in [5.41, 5.74) is 7.30. The lowest BCUT2D eigenvalue weighted by Crippen LogP contribution is -2.25. The second-order valence-corrected chi connectivity index (χ2v) is 14.8. The van der Waals surface area contributed by atoms with Gasteiger partial charge < -0.3 is 10.2 Å². The average Bonchev–Trinajstić information content (AvgIpc) is 3.70. The van der Waals surface area contributed by atoms with Crippen molar-refractivity contribution in [2.45, 2.75) is 95.3 Å². The van der Waals surface area contributed by atoms with Gasteiger partial charge in [0.15, 0.2) is 0 Å². The molecule has 0 amide bonds. The Balaban J connectivity index is 1.37. The van der Waals surface area contributed by atoms with Crippen LogP contribution >= 0.6 is 11.8 Å². The van der Waals surface area contributed by atoms with Crippen molar-refractivity contribution in [3.05, 3.63) is 99.9 Å². The summed E-state index contributed by atoms with van der Waals surface area (Å²) in [6, 6.07) is 21.3. The van der Waals surface area contributed by atoms with Gasteiger partial charge in [0.2, 0.25) is 0 Å². The molecule has 0 radical (unpaired) electrons. The molecule has 5 rings (SSSR count). The second kappa shape index (κ2) is 12.4. The summed E-state index contributed by atoms with van der Waals surface area (Å²) in [6.45, 7) is 8.29. The van der Waals surface area contributed by atoms with Crippen molar-refractivity contribution in [1.29, 1.82) is 0 Å². The largest absolute Gasteiger partial charge is 0.481 e. The molecule has 0 unspecified atom stereocenters. The van der Waals surface area contributed by atoms with E-state index in [1.54, 1.807) is 0 Å². The predicted octanol–water partition coefficient (Wildman–Crippen LogP) is 8.76. The van der Waals surface area contributed by atoms with Crippen molar-refractivity contribution < 1.29 is 15.0 Å². The number of carboxylic acids is 1. The molecule has 0 aliphatic heterocycles. The number of carboxylic acid groups (broad SMARTS) is 1. The smallest absolute Gasteiger partial charge is 0.303 e. The highest BCUT2D eigenvalue weighted by molar-refractivity contribution is 7.99. The SMILES string of the molecule is CC(C)(O)c1ccccc1CC[C@@H](SCC1(CC(=O)O)CC1)c1cccc(/C=C/c2ccc3c(n2)C(C)(C)CCC3)c1. The molecule has 1 atom stereocenters. The van der Waals surface area contributed by atoms with Crippen molar-refractivity contribution in [2.24, 2.45) is 5.41 Å². The van der Waals surface area contributed by atoms with Crippen LogP contribution in [0.2, 0.25) is 0 Å². The number of fused-ring (bicyclic) bond motifs is 1. The number of rotatable bonds is 12. The number of thioether (sulfide) groups is 1. The van der Waals surface area contributed by atoms with Gasteiger partial charge in [0.05, 0.1) is 17.7 Å². The molecule has 1 saturated carbocycles. The van der Waals surface area contributed by atoms with E-state index in [2.05, 4.69) is 68.5 Å². The first-order valence-corrected chi connectivity index (χ1v) is 16.4. The zero-order valence-corrected chi connectivity index (χ0v) is 26.3. The summed E-state index contributed by atoms with van der Waals surface area (Å²) in [6.07, 6.45) is 11.8. The number of pyridine rings is 1. The van der Waals surface area contributed by atoms with Crippen LogP contribution in [0.5, 0.6) is 0 Å². The number of aliphatic hydroxyl groups is 1. The molecule has 1 aromatic heterocycles. The van der Waals surface area contributed by atoms with Crippen molar-refractivity contribution in [3.8, 4) is 0 Å². The van der Waals surface area contributed by atoms with Crippen LogP contribution in [0.4, 0.5) is 0 Å². The number of hydrogen-bond donors (Lipinski definition) is 2. The van der Waals surface area contributed by atoms with E-state index in [1.807, 2.05) is 43.8 Å². The van der Waals surface area contributed by atoms with E-state index in [0.717, 1.165) is 54.7 Å². The first kappa shape index (κ1) is 30.6. The van der Waals surface area contributed by atoms with E-state index in [1.165, 1.54) is 35.2 Å². The Hall–Kier alpha value is -2.89. The third-order valence-corrected chi connectivity index (χ3v) is 10.7. The molecule has 2 aliphatic rings. The minimum atomic E-state index is -0.899. The molecule has 0 bridgehead atoms. The van der Waals surface area contributed by atoms with Crippen LogP contribution in [0.1, 0.15) is 111 Å². The Morgan fingerprint density at radius 2 is 1.83 bits per heavy atom. The number of aromatic nitrogens is 1. The summed E-state index contributed by atoms with van der Waals surface area (Å²) < 4.78 is 0. The zero-order chi connectivity index (χ0) is 30.0. The average molecular weight is 584 g/mol. The molecule has 1 fully saturated rings. The molecule has 0 saturated heterocycles. The lowest BCUT2D eigenvalue weighted by molar-refractivity contribution is -0.138. The van der Waals surface area contributed by atoms with Crippen LogP contribution in [-0.2, 0) is 28.7 Å². The summed E-state index contributed by atoms with van der Waals surface area (Å²) in [5, 5.41) is 20.5. The third-order valence-electron chi connectivity index (χ3n) is 9.04. The number of nitrogens with zero attached hydrogens (tertiary/aromatic N) is 1. The van der Waals surface area contributed by atoms with Crippen LogP contribution in [0.25, 0.3) is 12.2 Å². The van der Waals surface area contributed by atoms with Crippen LogP contribution in [0, 0.1) is 5.41 Å². The molecule has 3 aromatic rings. The fourth-order valence-electron chi connectivity index (χ4n) is 6.38. The van der Waals surface area contributed by atoms with Crippen LogP contribution in [-0.4, -0.2) is 26.9 Å². The number of aryl methyl sites for hydroxylation is 2. The van der Waals surface area contributed by atoms with Gasteiger partial charge in [0, 0.05) is 22.1 Å². The third kappa shape index (κ3) is 7.54. The van der Waals surface area contributed by atoms with Crippen LogP contribution < -0.4 is 0 Å². The van der Waals surface area contributed by atoms with Crippen LogP contribution in [0.3, 0.4) is 0 Å². The molecule has 5 heteroatoms. The summed E-state index contributed by atoms with van der Waals surface area (Å²) in [7, 11) is 0. The van der Waals surface area contributed by atoms with Gasteiger partial charge >= 0.3 is 5.97 Å². The molecule has 4 nitrogen and oxygen atoms in total. The maximum atomic E-state index is 11.5. The highest BCUT2D eigenvalue weighted by Gasteiger charge is 2.44. The number of benzene rings is 2. The molecule has 1 heterocycles. The minimum absolute atomic E-state index is 0.0663. The Kier molecular flexibility index (Phi) is 9.01. The lowest BCUT2D eigenvalue weighted by Gasteiger charge is -2.31. The molecule has 2 aliphatic carbocycles. The molecular formula is C37H45NO3S. The Morgan fingerprint density at radius 1 is 1.05 bits per heavy atom. The molecule has 2 N–H and O–H groups in total.